The molecule has 2 aliphatic rings. The number of pyridine rings is 1. The van der Waals surface area contributed by atoms with E-state index in [1.165, 1.54) is 0 Å². The van der Waals surface area contributed by atoms with Crippen LogP contribution < -0.4 is 0 Å². The molecule has 2 aromatic carbocycles. The standard InChI is InChI=1S/C33H34ClN5O3/c1-33(41,23-9-5-4-6-10-23)32(40)39-16-14-38(15-17-39)30-25-12-11-24(34)19-26(25)27(18-22-8-7-13-36-29(22)30)31(42-3)28-20-35-21-37(28)2/h4-13,18-21,30-31,41H,14-17H2,1-3H3/t30-,31?,33-/m0/s1. The van der Waals surface area contributed by atoms with Gasteiger partial charge in [-0.25, -0.2) is 4.98 Å². The summed E-state index contributed by atoms with van der Waals surface area (Å²) in [5, 5.41) is 11.8. The van der Waals surface area contributed by atoms with Gasteiger partial charge < -0.3 is 19.3 Å². The molecular weight excluding hydrogens is 550 g/mol. The molecular formula is C33H34ClN5O3. The number of rotatable bonds is 6. The summed E-state index contributed by atoms with van der Waals surface area (Å²) in [6.45, 7) is 3.78. The first-order valence-corrected chi connectivity index (χ1v) is 14.4. The lowest BCUT2D eigenvalue weighted by Gasteiger charge is -2.41. The zero-order valence-electron chi connectivity index (χ0n) is 23.9. The third-order valence-corrected chi connectivity index (χ3v) is 8.66. The van der Waals surface area contributed by atoms with Crippen molar-refractivity contribution < 1.29 is 14.6 Å². The molecule has 1 aliphatic heterocycles. The number of ether oxygens (including phenoxy) is 1. The van der Waals surface area contributed by atoms with Crippen LogP contribution in [0, 0.1) is 0 Å². The van der Waals surface area contributed by atoms with Gasteiger partial charge in [-0.2, -0.15) is 0 Å². The fourth-order valence-corrected chi connectivity index (χ4v) is 6.35. The van der Waals surface area contributed by atoms with Gasteiger partial charge in [-0.1, -0.05) is 54.1 Å². The van der Waals surface area contributed by atoms with Crippen LogP contribution in [0.5, 0.6) is 0 Å². The summed E-state index contributed by atoms with van der Waals surface area (Å²) < 4.78 is 8.06. The Morgan fingerprint density at radius 1 is 1.10 bits per heavy atom. The number of amides is 1. The highest BCUT2D eigenvalue weighted by Crippen LogP contribution is 2.45. The van der Waals surface area contributed by atoms with E-state index in [0.29, 0.717) is 36.8 Å². The zero-order valence-corrected chi connectivity index (χ0v) is 24.7. The number of piperazine rings is 1. The van der Waals surface area contributed by atoms with E-state index in [2.05, 4.69) is 28.1 Å². The van der Waals surface area contributed by atoms with Gasteiger partial charge in [-0.15, -0.1) is 0 Å². The van der Waals surface area contributed by atoms with E-state index in [1.807, 2.05) is 60.4 Å². The van der Waals surface area contributed by atoms with Crippen molar-refractivity contribution in [2.75, 3.05) is 33.3 Å². The molecule has 0 radical (unpaired) electrons. The summed E-state index contributed by atoms with van der Waals surface area (Å²) in [6, 6.07) is 19.0. The average Bonchev–Trinajstić information content (AvgIpc) is 3.38. The van der Waals surface area contributed by atoms with Crippen molar-refractivity contribution in [1.29, 1.82) is 0 Å². The number of aromatic nitrogens is 3. The van der Waals surface area contributed by atoms with Crippen LogP contribution in [0.25, 0.3) is 11.6 Å². The van der Waals surface area contributed by atoms with Crippen LogP contribution in [-0.4, -0.2) is 68.6 Å². The maximum absolute atomic E-state index is 13.5. The number of methoxy groups -OCH3 is 1. The number of hydrogen-bond acceptors (Lipinski definition) is 6. The highest BCUT2D eigenvalue weighted by Gasteiger charge is 2.40. The number of aliphatic hydroxyl groups is 1. The van der Waals surface area contributed by atoms with Gasteiger partial charge in [0.05, 0.1) is 30.0 Å². The molecule has 1 amide bonds. The van der Waals surface area contributed by atoms with Crippen molar-refractivity contribution >= 4 is 29.2 Å². The van der Waals surface area contributed by atoms with Crippen LogP contribution in [0.1, 0.15) is 52.7 Å². The minimum absolute atomic E-state index is 0.168. The van der Waals surface area contributed by atoms with Crippen molar-refractivity contribution in [3.8, 4) is 0 Å². The number of halogens is 1. The zero-order chi connectivity index (χ0) is 29.4. The number of benzene rings is 2. The number of carbonyl (C=O) groups excluding carboxylic acids is 1. The molecule has 3 atom stereocenters. The summed E-state index contributed by atoms with van der Waals surface area (Å²) in [7, 11) is 3.66. The van der Waals surface area contributed by atoms with E-state index in [9.17, 15) is 9.90 Å². The summed E-state index contributed by atoms with van der Waals surface area (Å²) >= 11 is 6.61. The Hall–Kier alpha value is -3.82. The largest absolute Gasteiger partial charge is 0.376 e. The number of nitrogens with zero attached hydrogens (tertiary/aromatic N) is 5. The lowest BCUT2D eigenvalue weighted by atomic mass is 9.90. The smallest absolute Gasteiger partial charge is 0.258 e. The minimum Gasteiger partial charge on any atom is -0.376 e. The van der Waals surface area contributed by atoms with E-state index in [1.54, 1.807) is 37.4 Å². The molecule has 9 heteroatoms. The van der Waals surface area contributed by atoms with Crippen molar-refractivity contribution in [1.82, 2.24) is 24.3 Å². The second-order valence-electron chi connectivity index (χ2n) is 11.0. The van der Waals surface area contributed by atoms with Crippen LogP contribution in [0.3, 0.4) is 0 Å². The van der Waals surface area contributed by atoms with Crippen LogP contribution in [-0.2, 0) is 22.2 Å². The highest BCUT2D eigenvalue weighted by atomic mass is 35.5. The number of hydrogen-bond donors (Lipinski definition) is 1. The molecule has 0 saturated carbocycles. The molecule has 1 saturated heterocycles. The molecule has 2 aromatic heterocycles. The highest BCUT2D eigenvalue weighted by molar-refractivity contribution is 6.30. The lowest BCUT2D eigenvalue weighted by molar-refractivity contribution is -0.152. The van der Waals surface area contributed by atoms with Gasteiger partial charge in [0.2, 0.25) is 0 Å². The summed E-state index contributed by atoms with van der Waals surface area (Å²) in [6.07, 6.45) is 7.19. The fraction of sp³-hybridized carbons (Fsp3) is 0.303. The van der Waals surface area contributed by atoms with E-state index < -0.39 is 5.60 Å². The van der Waals surface area contributed by atoms with Gasteiger partial charge in [0.25, 0.3) is 5.91 Å². The Labute approximate surface area is 250 Å². The first-order chi connectivity index (χ1) is 20.3. The number of imidazole rings is 1. The number of fused-ring (bicyclic) bond motifs is 2. The van der Waals surface area contributed by atoms with Crippen LogP contribution in [0.15, 0.2) is 79.4 Å². The van der Waals surface area contributed by atoms with Crippen molar-refractivity contribution in [2.24, 2.45) is 7.05 Å². The van der Waals surface area contributed by atoms with Gasteiger partial charge in [-0.3, -0.25) is 14.7 Å². The van der Waals surface area contributed by atoms with Gasteiger partial charge in [-0.05, 0) is 59.0 Å². The number of aryl methyl sites for hydroxylation is 1. The Morgan fingerprint density at radius 3 is 2.55 bits per heavy atom. The minimum atomic E-state index is -1.59. The summed E-state index contributed by atoms with van der Waals surface area (Å²) in [5.41, 5.74) is 4.89. The van der Waals surface area contributed by atoms with E-state index in [-0.39, 0.29) is 18.1 Å². The molecule has 216 valence electrons. The molecule has 1 aliphatic carbocycles. The Bertz CT molecular complexity index is 1630. The first-order valence-electron chi connectivity index (χ1n) is 14.1. The molecule has 1 unspecified atom stereocenters. The molecule has 3 heterocycles. The normalized spacial score (nSPS) is 19.2. The summed E-state index contributed by atoms with van der Waals surface area (Å²) in [5.74, 6) is -0.289. The first kappa shape index (κ1) is 28.3. The van der Waals surface area contributed by atoms with E-state index in [0.717, 1.165) is 33.7 Å². The third kappa shape index (κ3) is 5.05. The number of carbonyl (C=O) groups is 1. The predicted octanol–water partition coefficient (Wildman–Crippen LogP) is 4.85. The molecule has 0 spiro atoms. The summed E-state index contributed by atoms with van der Waals surface area (Å²) in [4.78, 5) is 26.8. The maximum atomic E-state index is 13.5. The lowest BCUT2D eigenvalue weighted by Crippen LogP contribution is -2.54. The Morgan fingerprint density at radius 2 is 1.86 bits per heavy atom. The predicted molar refractivity (Wildman–Crippen MR) is 163 cm³/mol. The third-order valence-electron chi connectivity index (χ3n) is 8.42. The van der Waals surface area contributed by atoms with Crippen LogP contribution in [0.4, 0.5) is 0 Å². The Balaban J connectivity index is 1.36. The molecule has 42 heavy (non-hydrogen) atoms. The van der Waals surface area contributed by atoms with Crippen LogP contribution in [0.2, 0.25) is 5.02 Å². The molecule has 1 fully saturated rings. The van der Waals surface area contributed by atoms with Gasteiger partial charge in [0.15, 0.2) is 5.60 Å². The Kier molecular flexibility index (Phi) is 7.72. The quantitative estimate of drug-likeness (QED) is 0.349. The fourth-order valence-electron chi connectivity index (χ4n) is 6.18. The second kappa shape index (κ2) is 11.5. The monoisotopic (exact) mass is 583 g/mol. The molecule has 6 rings (SSSR count). The van der Waals surface area contributed by atoms with Gasteiger partial charge >= 0.3 is 0 Å². The van der Waals surface area contributed by atoms with Crippen molar-refractivity contribution in [3.05, 3.63) is 118 Å². The van der Waals surface area contributed by atoms with Crippen molar-refractivity contribution in [2.45, 2.75) is 24.7 Å². The van der Waals surface area contributed by atoms with Gasteiger partial charge in [0.1, 0.15) is 6.10 Å². The second-order valence-corrected chi connectivity index (χ2v) is 11.5. The molecule has 4 aromatic rings. The van der Waals surface area contributed by atoms with Gasteiger partial charge in [0, 0.05) is 51.6 Å². The molecule has 0 bridgehead atoms. The van der Waals surface area contributed by atoms with E-state index >= 15 is 0 Å². The maximum Gasteiger partial charge on any atom is 0.258 e. The van der Waals surface area contributed by atoms with Crippen LogP contribution >= 0.6 is 11.6 Å². The molecule has 1 N–H and O–H groups in total. The SMILES string of the molecule is COC(C1=Cc2cccnc2[C@@H](N2CCN(C(=O)[C@@](C)(O)c3ccccc3)CC2)c2ccc(Cl)cc21)c1cncn1C. The van der Waals surface area contributed by atoms with E-state index in [4.69, 9.17) is 21.3 Å². The van der Waals surface area contributed by atoms with Crippen molar-refractivity contribution in [3.63, 3.8) is 0 Å². The average molecular weight is 584 g/mol. The molecule has 8 nitrogen and oxygen atoms in total. The topological polar surface area (TPSA) is 83.7 Å².